The highest BCUT2D eigenvalue weighted by molar-refractivity contribution is 5.51. The maximum Gasteiger partial charge on any atom is 0.120 e. The summed E-state index contributed by atoms with van der Waals surface area (Å²) in [6.45, 7) is 2.23. The number of carbonyl (C=O) groups excluding carboxylic acids is 1. The molecule has 106 valence electrons. The second-order valence-electron chi connectivity index (χ2n) is 5.08. The molecule has 0 saturated heterocycles. The van der Waals surface area contributed by atoms with Gasteiger partial charge in [-0.15, -0.1) is 0 Å². The summed E-state index contributed by atoms with van der Waals surface area (Å²) in [7, 11) is 1.67. The number of aldehydes is 1. The third-order valence-electron chi connectivity index (χ3n) is 3.62. The van der Waals surface area contributed by atoms with Gasteiger partial charge in [0, 0.05) is 6.42 Å². The predicted octanol–water partition coefficient (Wildman–Crippen LogP) is 4.73. The van der Waals surface area contributed by atoms with Gasteiger partial charge in [-0.2, -0.15) is 0 Å². The van der Waals surface area contributed by atoms with Crippen molar-refractivity contribution in [3.05, 3.63) is 29.8 Å². The summed E-state index contributed by atoms with van der Waals surface area (Å²) in [5, 5.41) is 0. The molecule has 0 fully saturated rings. The van der Waals surface area contributed by atoms with Gasteiger partial charge < -0.3 is 9.53 Å². The van der Waals surface area contributed by atoms with E-state index < -0.39 is 0 Å². The highest BCUT2D eigenvalue weighted by atomic mass is 16.5. The zero-order valence-electron chi connectivity index (χ0n) is 12.2. The minimum atomic E-state index is 0.366. The van der Waals surface area contributed by atoms with Gasteiger partial charge in [0.2, 0.25) is 0 Å². The lowest BCUT2D eigenvalue weighted by Gasteiger charge is -2.15. The van der Waals surface area contributed by atoms with E-state index in [9.17, 15) is 4.79 Å². The molecule has 0 radical (unpaired) electrons. The van der Waals surface area contributed by atoms with Crippen LogP contribution in [-0.2, 0) is 4.79 Å². The third-order valence-corrected chi connectivity index (χ3v) is 3.62. The Balaban J connectivity index is 2.48. The number of rotatable bonds is 10. The normalized spacial score (nSPS) is 12.1. The van der Waals surface area contributed by atoms with E-state index in [2.05, 4.69) is 19.1 Å². The number of methoxy groups -OCH3 is 1. The number of hydrogen-bond donors (Lipinski definition) is 0. The molecule has 2 heteroatoms. The average Bonchev–Trinajstić information content (AvgIpc) is 2.46. The topological polar surface area (TPSA) is 26.3 Å². The fraction of sp³-hybridized carbons (Fsp3) is 0.588. The summed E-state index contributed by atoms with van der Waals surface area (Å²) in [5.41, 5.74) is 1.25. The Morgan fingerprint density at radius 2 is 1.79 bits per heavy atom. The first-order valence-electron chi connectivity index (χ1n) is 7.39. The van der Waals surface area contributed by atoms with Gasteiger partial charge in [-0.3, -0.25) is 0 Å². The number of benzene rings is 1. The molecule has 0 bridgehead atoms. The van der Waals surface area contributed by atoms with Gasteiger partial charge in [0.15, 0.2) is 0 Å². The van der Waals surface area contributed by atoms with Crippen molar-refractivity contribution < 1.29 is 9.53 Å². The van der Waals surface area contributed by atoms with Crippen molar-refractivity contribution in [3.63, 3.8) is 0 Å². The first-order chi connectivity index (χ1) is 9.31. The predicted molar refractivity (Wildman–Crippen MR) is 79.8 cm³/mol. The molecule has 0 heterocycles. The van der Waals surface area contributed by atoms with Gasteiger partial charge >= 0.3 is 0 Å². The summed E-state index contributed by atoms with van der Waals surface area (Å²) < 4.78 is 5.16. The van der Waals surface area contributed by atoms with E-state index in [0.29, 0.717) is 12.3 Å². The summed E-state index contributed by atoms with van der Waals surface area (Å²) >= 11 is 0. The molecule has 0 saturated carbocycles. The van der Waals surface area contributed by atoms with Crippen molar-refractivity contribution in [1.29, 1.82) is 0 Å². The standard InChI is InChI=1S/C17H26O2/c1-3-4-5-6-7-8-15(13-14-18)16-9-11-17(19-2)12-10-16/h9-12,14-15H,3-8,13H2,1-2H3. The number of ether oxygens (including phenoxy) is 1. The molecule has 19 heavy (non-hydrogen) atoms. The molecule has 2 nitrogen and oxygen atoms in total. The van der Waals surface area contributed by atoms with E-state index >= 15 is 0 Å². The SMILES string of the molecule is CCCCCCCC(CC=O)c1ccc(OC)cc1. The molecular formula is C17H26O2. The molecule has 0 aliphatic rings. The fourth-order valence-electron chi connectivity index (χ4n) is 2.41. The molecule has 1 atom stereocenters. The second-order valence-corrected chi connectivity index (χ2v) is 5.08. The lowest BCUT2D eigenvalue weighted by molar-refractivity contribution is -0.108. The van der Waals surface area contributed by atoms with Crippen LogP contribution in [0.5, 0.6) is 5.75 Å². The molecule has 0 N–H and O–H groups in total. The summed E-state index contributed by atoms with van der Waals surface area (Å²) in [5.74, 6) is 1.24. The van der Waals surface area contributed by atoms with Crippen LogP contribution in [0.25, 0.3) is 0 Å². The van der Waals surface area contributed by atoms with Crippen molar-refractivity contribution >= 4 is 6.29 Å². The zero-order valence-corrected chi connectivity index (χ0v) is 12.2. The summed E-state index contributed by atoms with van der Waals surface area (Å²) in [6.07, 6.45) is 9.17. The molecule has 0 spiro atoms. The highest BCUT2D eigenvalue weighted by Gasteiger charge is 2.10. The Morgan fingerprint density at radius 1 is 1.11 bits per heavy atom. The van der Waals surface area contributed by atoms with Crippen molar-refractivity contribution in [1.82, 2.24) is 0 Å². The van der Waals surface area contributed by atoms with Crippen LogP contribution in [0.4, 0.5) is 0 Å². The van der Waals surface area contributed by atoms with E-state index in [1.54, 1.807) is 7.11 Å². The van der Waals surface area contributed by atoms with Crippen LogP contribution in [0.2, 0.25) is 0 Å². The van der Waals surface area contributed by atoms with Crippen molar-refractivity contribution in [2.24, 2.45) is 0 Å². The maximum atomic E-state index is 10.8. The Kier molecular flexibility index (Phi) is 7.95. The smallest absolute Gasteiger partial charge is 0.120 e. The molecule has 1 aromatic rings. The largest absolute Gasteiger partial charge is 0.497 e. The lowest BCUT2D eigenvalue weighted by atomic mass is 9.90. The maximum absolute atomic E-state index is 10.8. The first kappa shape index (κ1) is 15.7. The van der Waals surface area contributed by atoms with E-state index in [0.717, 1.165) is 18.5 Å². The Bertz CT molecular complexity index is 343. The van der Waals surface area contributed by atoms with Crippen molar-refractivity contribution in [3.8, 4) is 5.75 Å². The number of hydrogen-bond acceptors (Lipinski definition) is 2. The molecule has 0 aliphatic heterocycles. The van der Waals surface area contributed by atoms with Crippen LogP contribution in [0.1, 0.15) is 63.4 Å². The molecule has 0 amide bonds. The van der Waals surface area contributed by atoms with Crippen LogP contribution < -0.4 is 4.74 Å². The summed E-state index contributed by atoms with van der Waals surface area (Å²) in [6, 6.07) is 8.12. The van der Waals surface area contributed by atoms with Gasteiger partial charge in [0.25, 0.3) is 0 Å². The van der Waals surface area contributed by atoms with Gasteiger partial charge in [0.1, 0.15) is 12.0 Å². The zero-order chi connectivity index (χ0) is 13.9. The van der Waals surface area contributed by atoms with E-state index in [-0.39, 0.29) is 0 Å². The average molecular weight is 262 g/mol. The lowest BCUT2D eigenvalue weighted by Crippen LogP contribution is -2.00. The van der Waals surface area contributed by atoms with E-state index in [1.807, 2.05) is 12.1 Å². The van der Waals surface area contributed by atoms with Gasteiger partial charge in [-0.05, 0) is 30.0 Å². The third kappa shape index (κ3) is 5.91. The van der Waals surface area contributed by atoms with E-state index in [1.165, 1.54) is 37.7 Å². The monoisotopic (exact) mass is 262 g/mol. The van der Waals surface area contributed by atoms with Gasteiger partial charge in [-0.25, -0.2) is 0 Å². The van der Waals surface area contributed by atoms with Crippen LogP contribution in [-0.4, -0.2) is 13.4 Å². The first-order valence-corrected chi connectivity index (χ1v) is 7.39. The van der Waals surface area contributed by atoms with Crippen LogP contribution in [0.3, 0.4) is 0 Å². The molecule has 1 unspecified atom stereocenters. The Labute approximate surface area is 117 Å². The van der Waals surface area contributed by atoms with Crippen LogP contribution in [0.15, 0.2) is 24.3 Å². The summed E-state index contributed by atoms with van der Waals surface area (Å²) in [4.78, 5) is 10.8. The highest BCUT2D eigenvalue weighted by Crippen LogP contribution is 2.27. The Morgan fingerprint density at radius 3 is 2.37 bits per heavy atom. The van der Waals surface area contributed by atoms with Crippen molar-refractivity contribution in [2.75, 3.05) is 7.11 Å². The molecule has 1 rings (SSSR count). The van der Waals surface area contributed by atoms with Crippen LogP contribution in [0, 0.1) is 0 Å². The minimum Gasteiger partial charge on any atom is -0.497 e. The Hall–Kier alpha value is -1.31. The van der Waals surface area contributed by atoms with Crippen LogP contribution >= 0.6 is 0 Å². The molecular weight excluding hydrogens is 236 g/mol. The minimum absolute atomic E-state index is 0.366. The molecule has 1 aromatic carbocycles. The second kappa shape index (κ2) is 9.60. The quantitative estimate of drug-likeness (QED) is 0.450. The fourth-order valence-corrected chi connectivity index (χ4v) is 2.41. The van der Waals surface area contributed by atoms with Gasteiger partial charge in [-0.1, -0.05) is 51.2 Å². The van der Waals surface area contributed by atoms with E-state index in [4.69, 9.17) is 4.74 Å². The van der Waals surface area contributed by atoms with Crippen molar-refractivity contribution in [2.45, 2.75) is 57.8 Å². The molecule has 0 aromatic heterocycles. The number of unbranched alkanes of at least 4 members (excludes halogenated alkanes) is 4. The van der Waals surface area contributed by atoms with Gasteiger partial charge in [0.05, 0.1) is 7.11 Å². The molecule has 0 aliphatic carbocycles. The number of carbonyl (C=O) groups is 1.